The molecule has 0 unspecified atom stereocenters. The largest absolute Gasteiger partial charge is 0.294 e. The number of aryl methyl sites for hydroxylation is 1. The fourth-order valence-corrected chi connectivity index (χ4v) is 3.14. The lowest BCUT2D eigenvalue weighted by molar-refractivity contribution is 0.482. The molecule has 0 bridgehead atoms. The van der Waals surface area contributed by atoms with Gasteiger partial charge in [-0.2, -0.15) is 19.8 Å². The summed E-state index contributed by atoms with van der Waals surface area (Å²) < 4.78 is 31.3. The van der Waals surface area contributed by atoms with Crippen LogP contribution in [-0.4, -0.2) is 13.0 Å². The maximum atomic E-state index is 11.1. The second-order valence-electron chi connectivity index (χ2n) is 3.29. The first-order valence-corrected chi connectivity index (χ1v) is 6.87. The molecule has 0 aliphatic rings. The van der Waals surface area contributed by atoms with Crippen molar-refractivity contribution in [3.63, 3.8) is 0 Å². The van der Waals surface area contributed by atoms with Crippen molar-refractivity contribution in [2.75, 3.05) is 0 Å². The zero-order chi connectivity index (χ0) is 11.1. The third kappa shape index (κ3) is 1.90. The molecule has 15 heavy (non-hydrogen) atoms. The molecule has 3 nitrogen and oxygen atoms in total. The Kier molecular flexibility index (Phi) is 2.54. The summed E-state index contributed by atoms with van der Waals surface area (Å²) in [6, 6.07) is 3.34. The van der Waals surface area contributed by atoms with Crippen LogP contribution in [0.2, 0.25) is 0 Å². The molecule has 5 heteroatoms. The van der Waals surface area contributed by atoms with Crippen molar-refractivity contribution in [2.24, 2.45) is 0 Å². The van der Waals surface area contributed by atoms with E-state index in [2.05, 4.69) is 0 Å². The lowest BCUT2D eigenvalue weighted by Crippen LogP contribution is -2.02. The maximum absolute atomic E-state index is 11.1. The van der Waals surface area contributed by atoms with E-state index in [-0.39, 0.29) is 4.90 Å². The summed E-state index contributed by atoms with van der Waals surface area (Å²) in [7, 11) is -4.11. The Hall–Kier alpha value is -0.910. The van der Waals surface area contributed by atoms with E-state index < -0.39 is 10.1 Å². The van der Waals surface area contributed by atoms with Crippen LogP contribution in [0.25, 0.3) is 10.8 Å². The molecule has 0 spiro atoms. The molecule has 80 valence electrons. The molecule has 1 heterocycles. The third-order valence-corrected chi connectivity index (χ3v) is 4.03. The Balaban J connectivity index is 2.81. The minimum atomic E-state index is -4.11. The summed E-state index contributed by atoms with van der Waals surface area (Å²) in [6.07, 6.45) is 0.584. The van der Waals surface area contributed by atoms with Gasteiger partial charge in [0.15, 0.2) is 0 Å². The van der Waals surface area contributed by atoms with Crippen molar-refractivity contribution in [3.05, 3.63) is 28.5 Å². The summed E-state index contributed by atoms with van der Waals surface area (Å²) in [5.41, 5.74) is 0.656. The zero-order valence-corrected chi connectivity index (χ0v) is 9.73. The van der Waals surface area contributed by atoms with Crippen molar-refractivity contribution < 1.29 is 13.0 Å². The molecule has 1 N–H and O–H groups in total. The van der Waals surface area contributed by atoms with Crippen LogP contribution < -0.4 is 0 Å². The quantitative estimate of drug-likeness (QED) is 0.824. The zero-order valence-electron chi connectivity index (χ0n) is 8.10. The average molecular weight is 242 g/mol. The highest BCUT2D eigenvalue weighted by Gasteiger charge is 2.15. The van der Waals surface area contributed by atoms with Crippen LogP contribution in [0.5, 0.6) is 0 Å². The molecular formula is C10H10O3S2. The lowest BCUT2D eigenvalue weighted by atomic mass is 10.1. The Morgan fingerprint density at radius 3 is 2.40 bits per heavy atom. The van der Waals surface area contributed by atoms with E-state index >= 15 is 0 Å². The number of hydrogen-bond acceptors (Lipinski definition) is 3. The molecule has 2 aromatic rings. The SMILES string of the molecule is CCc1cc2cscc2cc1S(=O)(=O)O. The van der Waals surface area contributed by atoms with Crippen molar-refractivity contribution in [2.45, 2.75) is 18.2 Å². The molecule has 1 aromatic carbocycles. The van der Waals surface area contributed by atoms with Crippen LogP contribution in [0.15, 0.2) is 27.8 Å². The summed E-state index contributed by atoms with van der Waals surface area (Å²) in [5, 5.41) is 5.69. The van der Waals surface area contributed by atoms with Gasteiger partial charge in [0.25, 0.3) is 10.1 Å². The van der Waals surface area contributed by atoms with E-state index in [4.69, 9.17) is 4.55 Å². The summed E-state index contributed by atoms with van der Waals surface area (Å²) >= 11 is 1.51. The Bertz CT molecular complexity index is 596. The topological polar surface area (TPSA) is 54.4 Å². The van der Waals surface area contributed by atoms with Crippen molar-refractivity contribution in [3.8, 4) is 0 Å². The van der Waals surface area contributed by atoms with Gasteiger partial charge in [-0.1, -0.05) is 6.92 Å². The van der Waals surface area contributed by atoms with E-state index in [1.54, 1.807) is 0 Å². The minimum absolute atomic E-state index is 0.0240. The van der Waals surface area contributed by atoms with Gasteiger partial charge in [0.1, 0.15) is 0 Å². The average Bonchev–Trinajstić information content (AvgIpc) is 2.60. The van der Waals surface area contributed by atoms with Gasteiger partial charge in [-0.15, -0.1) is 0 Å². The third-order valence-electron chi connectivity index (χ3n) is 2.31. The van der Waals surface area contributed by atoms with Crippen molar-refractivity contribution in [1.82, 2.24) is 0 Å². The van der Waals surface area contributed by atoms with Gasteiger partial charge in [0, 0.05) is 0 Å². The molecule has 0 amide bonds. The Labute approximate surface area is 92.1 Å². The molecule has 0 atom stereocenters. The minimum Gasteiger partial charge on any atom is -0.282 e. The second kappa shape index (κ2) is 3.59. The molecule has 0 saturated carbocycles. The van der Waals surface area contributed by atoms with Gasteiger partial charge in [-0.05, 0) is 45.6 Å². The van der Waals surface area contributed by atoms with E-state index in [0.717, 1.165) is 10.8 Å². The van der Waals surface area contributed by atoms with Crippen molar-refractivity contribution in [1.29, 1.82) is 0 Å². The van der Waals surface area contributed by atoms with Crippen LogP contribution in [0.3, 0.4) is 0 Å². The molecule has 0 aliphatic carbocycles. The number of rotatable bonds is 2. The van der Waals surface area contributed by atoms with Gasteiger partial charge in [-0.25, -0.2) is 0 Å². The van der Waals surface area contributed by atoms with Gasteiger partial charge in [0.2, 0.25) is 0 Å². The van der Waals surface area contributed by atoms with Crippen LogP contribution in [0, 0.1) is 0 Å². The van der Waals surface area contributed by atoms with Gasteiger partial charge < -0.3 is 0 Å². The first-order valence-electron chi connectivity index (χ1n) is 4.48. The highest BCUT2D eigenvalue weighted by molar-refractivity contribution is 7.85. The Morgan fingerprint density at radius 1 is 1.27 bits per heavy atom. The molecular weight excluding hydrogens is 232 g/mol. The van der Waals surface area contributed by atoms with Crippen molar-refractivity contribution >= 4 is 32.2 Å². The number of hydrogen-bond donors (Lipinski definition) is 1. The van der Waals surface area contributed by atoms with Crippen LogP contribution in [0.4, 0.5) is 0 Å². The molecule has 2 rings (SSSR count). The van der Waals surface area contributed by atoms with Crippen LogP contribution >= 0.6 is 11.3 Å². The normalized spacial score (nSPS) is 12.1. The summed E-state index contributed by atoms with van der Waals surface area (Å²) in [6.45, 7) is 1.86. The number of thiophene rings is 1. The first-order chi connectivity index (χ1) is 7.02. The van der Waals surface area contributed by atoms with E-state index in [9.17, 15) is 8.42 Å². The highest BCUT2D eigenvalue weighted by Crippen LogP contribution is 2.26. The molecule has 0 fully saturated rings. The maximum Gasteiger partial charge on any atom is 0.294 e. The molecule has 1 aromatic heterocycles. The van der Waals surface area contributed by atoms with E-state index in [1.165, 1.54) is 17.4 Å². The van der Waals surface area contributed by atoms with Crippen LogP contribution in [-0.2, 0) is 16.5 Å². The smallest absolute Gasteiger partial charge is 0.282 e. The van der Waals surface area contributed by atoms with Crippen LogP contribution in [0.1, 0.15) is 12.5 Å². The standard InChI is InChI=1S/C10H10O3S2/c1-2-7-3-8-5-14-6-9(8)4-10(7)15(11,12)13/h3-6H,2H2,1H3,(H,11,12,13). The predicted octanol–water partition coefficient (Wildman–Crippen LogP) is 2.71. The van der Waals surface area contributed by atoms with E-state index in [0.29, 0.717) is 12.0 Å². The van der Waals surface area contributed by atoms with Gasteiger partial charge in [-0.3, -0.25) is 4.55 Å². The predicted molar refractivity (Wildman–Crippen MR) is 61.0 cm³/mol. The monoisotopic (exact) mass is 242 g/mol. The molecule has 0 saturated heterocycles. The molecule has 0 aliphatic heterocycles. The lowest BCUT2D eigenvalue weighted by Gasteiger charge is -2.04. The fraction of sp³-hybridized carbons (Fsp3) is 0.200. The summed E-state index contributed by atoms with van der Waals surface area (Å²) in [4.78, 5) is 0.0240. The Morgan fingerprint density at radius 2 is 1.87 bits per heavy atom. The number of fused-ring (bicyclic) bond motifs is 1. The van der Waals surface area contributed by atoms with Gasteiger partial charge in [0.05, 0.1) is 4.90 Å². The number of benzene rings is 1. The first kappa shape index (κ1) is 10.6. The fourth-order valence-electron chi connectivity index (χ4n) is 1.56. The summed E-state index contributed by atoms with van der Waals surface area (Å²) in [5.74, 6) is 0. The second-order valence-corrected chi connectivity index (χ2v) is 5.42. The highest BCUT2D eigenvalue weighted by atomic mass is 32.2. The van der Waals surface area contributed by atoms with Gasteiger partial charge >= 0.3 is 0 Å². The van der Waals surface area contributed by atoms with E-state index in [1.807, 2.05) is 23.8 Å². The molecule has 0 radical (unpaired) electrons.